The predicted octanol–water partition coefficient (Wildman–Crippen LogP) is 6.19. The highest BCUT2D eigenvalue weighted by Gasteiger charge is 2.24. The Hall–Kier alpha value is 0.110. The second-order valence-corrected chi connectivity index (χ2v) is 7.35. The van der Waals surface area contributed by atoms with Crippen molar-refractivity contribution in [1.82, 2.24) is 0 Å². The lowest BCUT2D eigenvalue weighted by molar-refractivity contribution is 0.110. The Balaban J connectivity index is 0. The van der Waals surface area contributed by atoms with Crippen molar-refractivity contribution in [2.24, 2.45) is 11.8 Å². The number of hydrogen-bond donors (Lipinski definition) is 1. The second kappa shape index (κ2) is 14.7. The minimum absolute atomic E-state index is 0. The normalized spacial score (nSPS) is 16.6. The van der Waals surface area contributed by atoms with Crippen molar-refractivity contribution in [3.05, 3.63) is 0 Å². The molecule has 2 unspecified atom stereocenters. The van der Waals surface area contributed by atoms with Gasteiger partial charge in [0.1, 0.15) is 0 Å². The van der Waals surface area contributed by atoms with Crippen LogP contribution in [-0.4, -0.2) is 18.1 Å². The standard InChI is InChI=1S/C16H35O4P.CH4/c1-5-9-11-15(7-3)13-19-21(17,18)20-14-16(8-4)12-10-6-2;/h15-16H,5-14H2,1-4H3,(H,17,18);1H4. The topological polar surface area (TPSA) is 55.8 Å². The molecule has 0 aromatic rings. The smallest absolute Gasteiger partial charge is 0.302 e. The monoisotopic (exact) mass is 338 g/mol. The van der Waals surface area contributed by atoms with Crippen LogP contribution in [0.1, 0.15) is 86.5 Å². The van der Waals surface area contributed by atoms with Gasteiger partial charge >= 0.3 is 7.82 Å². The Morgan fingerprint density at radius 2 is 1.23 bits per heavy atom. The fourth-order valence-electron chi connectivity index (χ4n) is 2.23. The van der Waals surface area contributed by atoms with Crippen LogP contribution in [0, 0.1) is 11.8 Å². The zero-order valence-electron chi connectivity index (χ0n) is 14.3. The SMILES string of the molecule is C.CCCCC(CC)COP(=O)(O)OCC(CC)CCCC. The molecule has 0 radical (unpaired) electrons. The van der Waals surface area contributed by atoms with Gasteiger partial charge in [-0.3, -0.25) is 9.05 Å². The molecule has 0 aliphatic carbocycles. The molecule has 0 saturated carbocycles. The summed E-state index contributed by atoms with van der Waals surface area (Å²) in [6.07, 6.45) is 8.56. The van der Waals surface area contributed by atoms with Gasteiger partial charge in [0.05, 0.1) is 13.2 Å². The molecule has 0 heterocycles. The van der Waals surface area contributed by atoms with Crippen LogP contribution in [-0.2, 0) is 13.6 Å². The summed E-state index contributed by atoms with van der Waals surface area (Å²) >= 11 is 0. The van der Waals surface area contributed by atoms with E-state index in [9.17, 15) is 9.46 Å². The maximum Gasteiger partial charge on any atom is 0.472 e. The van der Waals surface area contributed by atoms with E-state index in [0.717, 1.165) is 51.4 Å². The van der Waals surface area contributed by atoms with E-state index in [2.05, 4.69) is 27.7 Å². The maximum absolute atomic E-state index is 11.9. The zero-order valence-corrected chi connectivity index (χ0v) is 15.2. The van der Waals surface area contributed by atoms with Crippen LogP contribution in [0.5, 0.6) is 0 Å². The van der Waals surface area contributed by atoms with E-state index < -0.39 is 7.82 Å². The Labute approximate surface area is 138 Å². The largest absolute Gasteiger partial charge is 0.472 e. The Bertz CT molecular complexity index is 260. The van der Waals surface area contributed by atoms with E-state index in [1.54, 1.807) is 0 Å². The summed E-state index contributed by atoms with van der Waals surface area (Å²) in [5, 5.41) is 0. The number of rotatable bonds is 14. The average Bonchev–Trinajstić information content (AvgIpc) is 2.47. The summed E-state index contributed by atoms with van der Waals surface area (Å²) in [5.74, 6) is 0.687. The molecule has 22 heavy (non-hydrogen) atoms. The van der Waals surface area contributed by atoms with Crippen molar-refractivity contribution >= 4 is 7.82 Å². The van der Waals surface area contributed by atoms with E-state index >= 15 is 0 Å². The van der Waals surface area contributed by atoms with Crippen LogP contribution in [0.2, 0.25) is 0 Å². The van der Waals surface area contributed by atoms with E-state index in [1.165, 1.54) is 0 Å². The van der Waals surface area contributed by atoms with Gasteiger partial charge < -0.3 is 4.89 Å². The quantitative estimate of drug-likeness (QED) is 0.384. The fraction of sp³-hybridized carbons (Fsp3) is 1.00. The number of hydrogen-bond acceptors (Lipinski definition) is 3. The molecular formula is C17H39O4P. The third-order valence-corrected chi connectivity index (χ3v) is 4.98. The fourth-order valence-corrected chi connectivity index (χ4v) is 3.11. The van der Waals surface area contributed by atoms with Crippen molar-refractivity contribution in [2.75, 3.05) is 13.2 Å². The predicted molar refractivity (Wildman–Crippen MR) is 95.1 cm³/mol. The van der Waals surface area contributed by atoms with Crippen LogP contribution < -0.4 is 0 Å². The first-order chi connectivity index (χ1) is 9.99. The molecule has 0 spiro atoms. The minimum Gasteiger partial charge on any atom is -0.302 e. The molecule has 0 rings (SSSR count). The molecule has 0 amide bonds. The van der Waals surface area contributed by atoms with Gasteiger partial charge in [-0.05, 0) is 24.7 Å². The van der Waals surface area contributed by atoms with Crippen LogP contribution in [0.15, 0.2) is 0 Å². The molecule has 0 bridgehead atoms. The summed E-state index contributed by atoms with van der Waals surface area (Å²) in [4.78, 5) is 9.77. The first-order valence-corrected chi connectivity index (χ1v) is 10.1. The Kier molecular flexibility index (Phi) is 16.3. The van der Waals surface area contributed by atoms with Crippen molar-refractivity contribution in [3.8, 4) is 0 Å². The maximum atomic E-state index is 11.9. The van der Waals surface area contributed by atoms with Gasteiger partial charge in [0.2, 0.25) is 0 Å². The van der Waals surface area contributed by atoms with Crippen molar-refractivity contribution in [1.29, 1.82) is 0 Å². The van der Waals surface area contributed by atoms with Crippen LogP contribution in [0.3, 0.4) is 0 Å². The van der Waals surface area contributed by atoms with Crippen molar-refractivity contribution < 1.29 is 18.5 Å². The summed E-state index contributed by atoms with van der Waals surface area (Å²) < 4.78 is 22.2. The van der Waals surface area contributed by atoms with E-state index in [1.807, 2.05) is 0 Å². The number of phosphoric acid groups is 1. The number of unbranched alkanes of at least 4 members (excludes halogenated alkanes) is 2. The molecule has 0 aliphatic heterocycles. The first kappa shape index (κ1) is 24.4. The zero-order chi connectivity index (χ0) is 16.1. The first-order valence-electron chi connectivity index (χ1n) is 8.60. The van der Waals surface area contributed by atoms with Gasteiger partial charge in [0.25, 0.3) is 0 Å². The molecule has 0 aromatic carbocycles. The molecular weight excluding hydrogens is 299 g/mol. The summed E-state index contributed by atoms with van der Waals surface area (Å²) in [6, 6.07) is 0. The Morgan fingerprint density at radius 3 is 1.50 bits per heavy atom. The summed E-state index contributed by atoms with van der Waals surface area (Å²) in [7, 11) is -3.89. The van der Waals surface area contributed by atoms with Gasteiger partial charge in [-0.1, -0.05) is 73.6 Å². The van der Waals surface area contributed by atoms with Crippen LogP contribution >= 0.6 is 7.82 Å². The molecule has 0 fully saturated rings. The highest BCUT2D eigenvalue weighted by Crippen LogP contribution is 2.44. The second-order valence-electron chi connectivity index (χ2n) is 5.89. The highest BCUT2D eigenvalue weighted by molar-refractivity contribution is 7.47. The lowest BCUT2D eigenvalue weighted by Gasteiger charge is -2.20. The molecule has 4 nitrogen and oxygen atoms in total. The van der Waals surface area contributed by atoms with Crippen LogP contribution in [0.25, 0.3) is 0 Å². The Morgan fingerprint density at radius 1 is 0.864 bits per heavy atom. The lowest BCUT2D eigenvalue weighted by Crippen LogP contribution is -2.12. The van der Waals surface area contributed by atoms with Gasteiger partial charge in [-0.15, -0.1) is 0 Å². The van der Waals surface area contributed by atoms with E-state index in [4.69, 9.17) is 9.05 Å². The molecule has 5 heteroatoms. The van der Waals surface area contributed by atoms with E-state index in [0.29, 0.717) is 25.0 Å². The molecule has 0 aromatic heterocycles. The highest BCUT2D eigenvalue weighted by atomic mass is 31.2. The number of phosphoric ester groups is 1. The van der Waals surface area contributed by atoms with Crippen molar-refractivity contribution in [3.63, 3.8) is 0 Å². The summed E-state index contributed by atoms with van der Waals surface area (Å²) in [6.45, 7) is 9.10. The molecule has 1 N–H and O–H groups in total. The third-order valence-electron chi connectivity index (χ3n) is 4.03. The molecule has 2 atom stereocenters. The minimum atomic E-state index is -3.89. The average molecular weight is 338 g/mol. The van der Waals surface area contributed by atoms with Gasteiger partial charge in [0.15, 0.2) is 0 Å². The van der Waals surface area contributed by atoms with Gasteiger partial charge in [0, 0.05) is 0 Å². The lowest BCUT2D eigenvalue weighted by atomic mass is 10.0. The molecule has 136 valence electrons. The molecule has 0 aliphatic rings. The van der Waals surface area contributed by atoms with Gasteiger partial charge in [-0.25, -0.2) is 4.57 Å². The van der Waals surface area contributed by atoms with Gasteiger partial charge in [-0.2, -0.15) is 0 Å². The molecule has 0 saturated heterocycles. The van der Waals surface area contributed by atoms with Crippen LogP contribution in [0.4, 0.5) is 0 Å². The van der Waals surface area contributed by atoms with Crippen molar-refractivity contribution in [2.45, 2.75) is 86.5 Å². The van der Waals surface area contributed by atoms with E-state index in [-0.39, 0.29) is 7.43 Å². The third kappa shape index (κ3) is 12.6. The summed E-state index contributed by atoms with van der Waals surface area (Å²) in [5.41, 5.74) is 0.